The number of nitrogens with one attached hydrogen (secondary N) is 1. The van der Waals surface area contributed by atoms with Crippen LogP contribution in [0.1, 0.15) is 47.0 Å². The van der Waals surface area contributed by atoms with E-state index in [2.05, 4.69) is 27.2 Å². The molecule has 0 aliphatic carbocycles. The molecule has 2 amide bonds. The Bertz CT molecular complexity index is 728. The predicted octanol–water partition coefficient (Wildman–Crippen LogP) is 3.80. The Morgan fingerprint density at radius 2 is 1.61 bits per heavy atom. The van der Waals surface area contributed by atoms with E-state index < -0.39 is 5.60 Å². The molecule has 0 bridgehead atoms. The minimum Gasteiger partial charge on any atom is -0.444 e. The number of nitrogens with zero attached hydrogens (tertiary/aromatic N) is 3. The normalized spacial score (nSPS) is 18.7. The van der Waals surface area contributed by atoms with Crippen LogP contribution in [-0.4, -0.2) is 73.2 Å². The summed E-state index contributed by atoms with van der Waals surface area (Å²) in [4.78, 5) is 30.2. The fourth-order valence-corrected chi connectivity index (χ4v) is 4.28. The number of piperidine rings is 1. The van der Waals surface area contributed by atoms with Gasteiger partial charge in [-0.3, -0.25) is 9.69 Å². The molecule has 2 aliphatic heterocycles. The number of piperazine rings is 1. The number of benzene rings is 1. The molecule has 2 saturated heterocycles. The van der Waals surface area contributed by atoms with Gasteiger partial charge in [0.15, 0.2) is 0 Å². The summed E-state index contributed by atoms with van der Waals surface area (Å²) in [7, 11) is 0. The lowest BCUT2D eigenvalue weighted by Crippen LogP contribution is -2.47. The van der Waals surface area contributed by atoms with Crippen LogP contribution < -0.4 is 10.2 Å². The summed E-state index contributed by atoms with van der Waals surface area (Å²) in [6.45, 7) is 14.2. The number of rotatable bonds is 5. The maximum Gasteiger partial charge on any atom is 0.410 e. The first-order valence-electron chi connectivity index (χ1n) is 11.5. The molecule has 2 fully saturated rings. The van der Waals surface area contributed by atoms with Gasteiger partial charge in [0.1, 0.15) is 5.60 Å². The van der Waals surface area contributed by atoms with Crippen LogP contribution in [0.15, 0.2) is 24.3 Å². The van der Waals surface area contributed by atoms with E-state index in [0.717, 1.165) is 64.3 Å². The highest BCUT2D eigenvalue weighted by atomic mass is 16.6. The molecule has 31 heavy (non-hydrogen) atoms. The van der Waals surface area contributed by atoms with Crippen molar-refractivity contribution in [3.05, 3.63) is 24.3 Å². The second-order valence-electron chi connectivity index (χ2n) is 9.76. The maximum atomic E-state index is 12.2. The number of hydrogen-bond acceptors (Lipinski definition) is 5. The molecular formula is C24H38N4O3. The first kappa shape index (κ1) is 23.4. The zero-order chi connectivity index (χ0) is 22.4. The molecule has 172 valence electrons. The number of carbonyl (C=O) groups excluding carboxylic acids is 2. The van der Waals surface area contributed by atoms with Crippen molar-refractivity contribution in [3.8, 4) is 0 Å². The number of ether oxygens (including phenoxy) is 1. The zero-order valence-corrected chi connectivity index (χ0v) is 19.5. The fraction of sp³-hybridized carbons (Fsp3) is 0.667. The van der Waals surface area contributed by atoms with Crippen LogP contribution in [0.2, 0.25) is 0 Å². The van der Waals surface area contributed by atoms with Gasteiger partial charge in [-0.2, -0.15) is 0 Å². The van der Waals surface area contributed by atoms with Gasteiger partial charge in [-0.1, -0.05) is 0 Å². The lowest BCUT2D eigenvalue weighted by atomic mass is 9.93. The van der Waals surface area contributed by atoms with Crippen molar-refractivity contribution in [1.29, 1.82) is 0 Å². The van der Waals surface area contributed by atoms with Crippen LogP contribution in [0.3, 0.4) is 0 Å². The van der Waals surface area contributed by atoms with Gasteiger partial charge in [0.25, 0.3) is 0 Å². The van der Waals surface area contributed by atoms with E-state index in [1.54, 1.807) is 0 Å². The molecule has 1 N–H and O–H groups in total. The molecule has 3 rings (SSSR count). The third-order valence-electron chi connectivity index (χ3n) is 6.04. The molecule has 1 aromatic rings. The summed E-state index contributed by atoms with van der Waals surface area (Å²) in [5.41, 5.74) is 1.62. The average Bonchev–Trinajstić information content (AvgIpc) is 2.72. The molecule has 1 aromatic carbocycles. The maximum absolute atomic E-state index is 12.2. The van der Waals surface area contributed by atoms with Crippen molar-refractivity contribution >= 4 is 23.4 Å². The van der Waals surface area contributed by atoms with Gasteiger partial charge in [0.05, 0.1) is 0 Å². The first-order valence-corrected chi connectivity index (χ1v) is 11.5. The van der Waals surface area contributed by atoms with Crippen LogP contribution in [0.4, 0.5) is 16.2 Å². The molecule has 7 nitrogen and oxygen atoms in total. The van der Waals surface area contributed by atoms with Crippen molar-refractivity contribution in [1.82, 2.24) is 9.80 Å². The van der Waals surface area contributed by atoms with E-state index in [1.807, 2.05) is 37.8 Å². The summed E-state index contributed by atoms with van der Waals surface area (Å²) in [6, 6.07) is 8.10. The summed E-state index contributed by atoms with van der Waals surface area (Å²) in [6.07, 6.45) is 3.17. The highest BCUT2D eigenvalue weighted by molar-refractivity contribution is 5.88. The Balaban J connectivity index is 1.35. The molecular weight excluding hydrogens is 392 g/mol. The number of amides is 2. The van der Waals surface area contributed by atoms with Gasteiger partial charge >= 0.3 is 6.09 Å². The molecule has 0 atom stereocenters. The molecule has 0 aromatic heterocycles. The molecule has 0 spiro atoms. The lowest BCUT2D eigenvalue weighted by Gasteiger charge is -2.38. The van der Waals surface area contributed by atoms with Crippen LogP contribution in [0.5, 0.6) is 0 Å². The van der Waals surface area contributed by atoms with Crippen molar-refractivity contribution in [2.24, 2.45) is 5.92 Å². The number of hydrogen-bond donors (Lipinski definition) is 1. The number of likely N-dealkylation sites (tertiary alicyclic amines) is 1. The SMILES string of the molecule is CC(=O)Nc1ccc(N2CCN(CCC3CCN(C(=O)OC(C)(C)C)CC3)CC2)cc1. The van der Waals surface area contributed by atoms with Crippen LogP contribution in [0, 0.1) is 5.92 Å². The molecule has 0 saturated carbocycles. The Hall–Kier alpha value is -2.28. The van der Waals surface area contributed by atoms with E-state index in [-0.39, 0.29) is 12.0 Å². The van der Waals surface area contributed by atoms with Crippen LogP contribution in [0.25, 0.3) is 0 Å². The Morgan fingerprint density at radius 3 is 2.16 bits per heavy atom. The monoisotopic (exact) mass is 430 g/mol. The summed E-state index contributed by atoms with van der Waals surface area (Å²) in [5.74, 6) is 0.648. The largest absolute Gasteiger partial charge is 0.444 e. The van der Waals surface area contributed by atoms with Crippen LogP contribution >= 0.6 is 0 Å². The van der Waals surface area contributed by atoms with Gasteiger partial charge in [0, 0.05) is 57.6 Å². The average molecular weight is 431 g/mol. The van der Waals surface area contributed by atoms with E-state index in [0.29, 0.717) is 5.92 Å². The Kier molecular flexibility index (Phi) is 7.81. The van der Waals surface area contributed by atoms with E-state index in [9.17, 15) is 9.59 Å². The van der Waals surface area contributed by atoms with Crippen molar-refractivity contribution in [2.45, 2.75) is 52.6 Å². The van der Waals surface area contributed by atoms with Crippen LogP contribution in [-0.2, 0) is 9.53 Å². The Morgan fingerprint density at radius 1 is 1.00 bits per heavy atom. The Labute approximate surface area is 186 Å². The van der Waals surface area contributed by atoms with Gasteiger partial charge in [-0.05, 0) is 76.8 Å². The topological polar surface area (TPSA) is 65.1 Å². The first-order chi connectivity index (χ1) is 14.7. The summed E-state index contributed by atoms with van der Waals surface area (Å²) >= 11 is 0. The third kappa shape index (κ3) is 7.42. The zero-order valence-electron chi connectivity index (χ0n) is 19.5. The predicted molar refractivity (Wildman–Crippen MR) is 125 cm³/mol. The second-order valence-corrected chi connectivity index (χ2v) is 9.76. The van der Waals surface area contributed by atoms with Gasteiger partial charge in [-0.25, -0.2) is 4.79 Å². The lowest BCUT2D eigenvalue weighted by molar-refractivity contribution is -0.114. The molecule has 2 aliphatic rings. The molecule has 2 heterocycles. The molecule has 7 heteroatoms. The summed E-state index contributed by atoms with van der Waals surface area (Å²) < 4.78 is 5.49. The van der Waals surface area contributed by atoms with Crippen molar-refractivity contribution < 1.29 is 14.3 Å². The van der Waals surface area contributed by atoms with Gasteiger partial charge < -0.3 is 19.9 Å². The minimum atomic E-state index is -0.427. The van der Waals surface area contributed by atoms with Crippen molar-refractivity contribution in [2.75, 3.05) is 56.0 Å². The number of carbonyl (C=O) groups is 2. The second kappa shape index (κ2) is 10.4. The van der Waals surface area contributed by atoms with Crippen molar-refractivity contribution in [3.63, 3.8) is 0 Å². The molecule has 0 unspecified atom stereocenters. The van der Waals surface area contributed by atoms with Gasteiger partial charge in [-0.15, -0.1) is 0 Å². The molecule has 0 radical (unpaired) electrons. The highest BCUT2D eigenvalue weighted by Crippen LogP contribution is 2.24. The standard InChI is InChI=1S/C24H38N4O3/c1-19(29)25-21-5-7-22(8-6-21)27-17-15-26(16-18-27)12-9-20-10-13-28(14-11-20)23(30)31-24(2,3)4/h5-8,20H,9-18H2,1-4H3,(H,25,29). The van der Waals surface area contributed by atoms with Gasteiger partial charge in [0.2, 0.25) is 5.91 Å². The third-order valence-corrected chi connectivity index (χ3v) is 6.04. The van der Waals surface area contributed by atoms with E-state index in [1.165, 1.54) is 19.0 Å². The highest BCUT2D eigenvalue weighted by Gasteiger charge is 2.27. The quantitative estimate of drug-likeness (QED) is 0.770. The van der Waals surface area contributed by atoms with E-state index >= 15 is 0 Å². The number of anilines is 2. The van der Waals surface area contributed by atoms with E-state index in [4.69, 9.17) is 4.74 Å². The fourth-order valence-electron chi connectivity index (χ4n) is 4.28. The summed E-state index contributed by atoms with van der Waals surface area (Å²) in [5, 5.41) is 2.81. The smallest absolute Gasteiger partial charge is 0.410 e. The minimum absolute atomic E-state index is 0.0446.